The first kappa shape index (κ1) is 14.3. The van der Waals surface area contributed by atoms with Crippen molar-refractivity contribution in [3.05, 3.63) is 29.8 Å². The van der Waals surface area contributed by atoms with Crippen molar-refractivity contribution >= 4 is 23.0 Å². The smallest absolute Gasteiger partial charge is 0.387 e. The molecule has 0 bridgehead atoms. The predicted molar refractivity (Wildman–Crippen MR) is 70.1 cm³/mol. The van der Waals surface area contributed by atoms with E-state index < -0.39 is 6.61 Å². The molecule has 0 saturated carbocycles. The molecule has 4 nitrogen and oxygen atoms in total. The molecule has 2 N–H and O–H groups in total. The van der Waals surface area contributed by atoms with E-state index in [2.05, 4.69) is 20.6 Å². The van der Waals surface area contributed by atoms with Gasteiger partial charge in [0.25, 0.3) is 0 Å². The van der Waals surface area contributed by atoms with Gasteiger partial charge in [-0.3, -0.25) is 5.43 Å². The van der Waals surface area contributed by atoms with Crippen LogP contribution in [0.25, 0.3) is 0 Å². The minimum absolute atomic E-state index is 0.0910. The second-order valence-corrected chi connectivity index (χ2v) is 3.70. The highest BCUT2D eigenvalue weighted by atomic mass is 32.1. The zero-order chi connectivity index (χ0) is 13.5. The van der Waals surface area contributed by atoms with Gasteiger partial charge in [-0.2, -0.15) is 13.9 Å². The number of halogens is 2. The van der Waals surface area contributed by atoms with Gasteiger partial charge in [0.1, 0.15) is 5.75 Å². The topological polar surface area (TPSA) is 45.7 Å². The lowest BCUT2D eigenvalue weighted by Gasteiger charge is -2.07. The summed E-state index contributed by atoms with van der Waals surface area (Å²) in [6.07, 6.45) is 0. The van der Waals surface area contributed by atoms with Crippen LogP contribution < -0.4 is 15.5 Å². The number of alkyl halides is 2. The van der Waals surface area contributed by atoms with Crippen molar-refractivity contribution in [3.63, 3.8) is 0 Å². The fourth-order valence-electron chi connectivity index (χ4n) is 1.15. The van der Waals surface area contributed by atoms with Gasteiger partial charge in [0, 0.05) is 12.6 Å². The van der Waals surface area contributed by atoms with Crippen LogP contribution in [0.2, 0.25) is 0 Å². The summed E-state index contributed by atoms with van der Waals surface area (Å²) in [6.45, 7) is -1.11. The average Bonchev–Trinajstić information content (AvgIpc) is 2.35. The quantitative estimate of drug-likeness (QED) is 0.501. The SMILES string of the molecule is CNC(=S)N/N=C(\C)c1cccc(OC(F)F)c1. The second-order valence-electron chi connectivity index (χ2n) is 3.29. The Bertz CT molecular complexity index is 452. The lowest BCUT2D eigenvalue weighted by molar-refractivity contribution is -0.0498. The van der Waals surface area contributed by atoms with Crippen LogP contribution in [-0.4, -0.2) is 24.5 Å². The van der Waals surface area contributed by atoms with Gasteiger partial charge in [-0.1, -0.05) is 12.1 Å². The number of hydrogen-bond acceptors (Lipinski definition) is 3. The Morgan fingerprint density at radius 1 is 1.44 bits per heavy atom. The van der Waals surface area contributed by atoms with Gasteiger partial charge >= 0.3 is 6.61 Å². The van der Waals surface area contributed by atoms with Crippen LogP contribution in [0.3, 0.4) is 0 Å². The number of hydrazone groups is 1. The van der Waals surface area contributed by atoms with E-state index in [9.17, 15) is 8.78 Å². The highest BCUT2D eigenvalue weighted by molar-refractivity contribution is 7.80. The van der Waals surface area contributed by atoms with Crippen molar-refractivity contribution in [2.75, 3.05) is 7.05 Å². The maximum Gasteiger partial charge on any atom is 0.387 e. The summed E-state index contributed by atoms with van der Waals surface area (Å²) >= 11 is 4.85. The van der Waals surface area contributed by atoms with Crippen molar-refractivity contribution < 1.29 is 13.5 Å². The van der Waals surface area contributed by atoms with Gasteiger partial charge in [-0.15, -0.1) is 0 Å². The van der Waals surface area contributed by atoms with Crippen LogP contribution in [0.4, 0.5) is 8.78 Å². The zero-order valence-corrected chi connectivity index (χ0v) is 10.7. The summed E-state index contributed by atoms with van der Waals surface area (Å²) in [7, 11) is 1.66. The van der Waals surface area contributed by atoms with E-state index in [4.69, 9.17) is 12.2 Å². The van der Waals surface area contributed by atoms with Gasteiger partial charge in [-0.05, 0) is 31.3 Å². The molecule has 0 aliphatic carbocycles. The second kappa shape index (κ2) is 6.85. The van der Waals surface area contributed by atoms with E-state index >= 15 is 0 Å². The first-order valence-electron chi connectivity index (χ1n) is 5.10. The molecule has 0 saturated heterocycles. The van der Waals surface area contributed by atoms with Crippen LogP contribution in [0.15, 0.2) is 29.4 Å². The van der Waals surface area contributed by atoms with Crippen molar-refractivity contribution in [2.45, 2.75) is 13.5 Å². The number of ether oxygens (including phenoxy) is 1. The average molecular weight is 273 g/mol. The monoisotopic (exact) mass is 273 g/mol. The van der Waals surface area contributed by atoms with Gasteiger partial charge in [0.2, 0.25) is 0 Å². The Balaban J connectivity index is 2.79. The van der Waals surface area contributed by atoms with Crippen molar-refractivity contribution in [1.82, 2.24) is 10.7 Å². The van der Waals surface area contributed by atoms with E-state index in [0.717, 1.165) is 0 Å². The molecule has 18 heavy (non-hydrogen) atoms. The van der Waals surface area contributed by atoms with Gasteiger partial charge in [0.15, 0.2) is 5.11 Å². The number of hydrogen-bond donors (Lipinski definition) is 2. The van der Waals surface area contributed by atoms with E-state index in [-0.39, 0.29) is 5.75 Å². The largest absolute Gasteiger partial charge is 0.435 e. The summed E-state index contributed by atoms with van der Waals surface area (Å²) in [5.41, 5.74) is 3.88. The summed E-state index contributed by atoms with van der Waals surface area (Å²) < 4.78 is 28.4. The molecule has 0 unspecified atom stereocenters. The number of nitrogens with zero attached hydrogens (tertiary/aromatic N) is 1. The Kier molecular flexibility index (Phi) is 5.44. The number of nitrogens with one attached hydrogen (secondary N) is 2. The first-order valence-corrected chi connectivity index (χ1v) is 5.51. The highest BCUT2D eigenvalue weighted by Crippen LogP contribution is 2.16. The van der Waals surface area contributed by atoms with E-state index in [1.807, 2.05) is 0 Å². The summed E-state index contributed by atoms with van der Waals surface area (Å²) in [5, 5.41) is 7.07. The molecular formula is C11H13F2N3OS. The molecule has 0 radical (unpaired) electrons. The number of thiocarbonyl (C=S) groups is 1. The van der Waals surface area contributed by atoms with Crippen LogP contribution in [0.5, 0.6) is 5.75 Å². The molecule has 7 heteroatoms. The van der Waals surface area contributed by atoms with Crippen LogP contribution in [0, 0.1) is 0 Å². The van der Waals surface area contributed by atoms with Crippen molar-refractivity contribution in [3.8, 4) is 5.75 Å². The number of rotatable bonds is 4. The fraction of sp³-hybridized carbons (Fsp3) is 0.273. The minimum Gasteiger partial charge on any atom is -0.435 e. The molecule has 0 aliphatic heterocycles. The maximum absolute atomic E-state index is 12.1. The summed E-state index contributed by atoms with van der Waals surface area (Å²) in [4.78, 5) is 0. The van der Waals surface area contributed by atoms with Gasteiger partial charge in [-0.25, -0.2) is 0 Å². The molecule has 0 heterocycles. The fourth-order valence-corrected chi connectivity index (χ4v) is 1.20. The van der Waals surface area contributed by atoms with E-state index in [1.54, 1.807) is 26.1 Å². The molecule has 1 aromatic rings. The Morgan fingerprint density at radius 2 is 2.17 bits per heavy atom. The minimum atomic E-state index is -2.84. The molecule has 0 aromatic heterocycles. The first-order chi connectivity index (χ1) is 8.52. The lowest BCUT2D eigenvalue weighted by Crippen LogP contribution is -2.29. The summed E-state index contributed by atoms with van der Waals surface area (Å²) in [5.74, 6) is 0.0910. The molecule has 0 fully saturated rings. The highest BCUT2D eigenvalue weighted by Gasteiger charge is 2.05. The normalized spacial score (nSPS) is 11.3. The van der Waals surface area contributed by atoms with Crippen LogP contribution >= 0.6 is 12.2 Å². The molecule has 0 amide bonds. The zero-order valence-electron chi connectivity index (χ0n) is 9.91. The maximum atomic E-state index is 12.1. The third-order valence-electron chi connectivity index (χ3n) is 2.03. The number of benzene rings is 1. The Labute approximate surface area is 109 Å². The van der Waals surface area contributed by atoms with E-state index in [0.29, 0.717) is 16.4 Å². The van der Waals surface area contributed by atoms with Gasteiger partial charge < -0.3 is 10.1 Å². The molecule has 0 atom stereocenters. The van der Waals surface area contributed by atoms with Crippen LogP contribution in [-0.2, 0) is 0 Å². The Morgan fingerprint density at radius 3 is 2.78 bits per heavy atom. The summed E-state index contributed by atoms with van der Waals surface area (Å²) in [6, 6.07) is 6.29. The molecule has 0 spiro atoms. The molecule has 98 valence electrons. The van der Waals surface area contributed by atoms with Crippen molar-refractivity contribution in [1.29, 1.82) is 0 Å². The molecule has 0 aliphatic rings. The predicted octanol–water partition coefficient (Wildman–Crippen LogP) is 2.11. The lowest BCUT2D eigenvalue weighted by atomic mass is 10.1. The standard InChI is InChI=1S/C11H13F2N3OS/c1-7(15-16-11(18)14-2)8-4-3-5-9(6-8)17-10(12)13/h3-6,10H,1-2H3,(H2,14,16,18)/b15-7+. The van der Waals surface area contributed by atoms with Crippen molar-refractivity contribution in [2.24, 2.45) is 5.10 Å². The van der Waals surface area contributed by atoms with Crippen LogP contribution in [0.1, 0.15) is 12.5 Å². The molecular weight excluding hydrogens is 260 g/mol. The molecule has 1 rings (SSSR count). The third kappa shape index (κ3) is 4.62. The third-order valence-corrected chi connectivity index (χ3v) is 2.32. The Hall–Kier alpha value is -1.76. The molecule has 1 aromatic carbocycles. The van der Waals surface area contributed by atoms with E-state index in [1.165, 1.54) is 12.1 Å². The van der Waals surface area contributed by atoms with Gasteiger partial charge in [0.05, 0.1) is 5.71 Å².